The van der Waals surface area contributed by atoms with Gasteiger partial charge in [0.25, 0.3) is 5.91 Å². The zero-order valence-electron chi connectivity index (χ0n) is 12.0. The van der Waals surface area contributed by atoms with Gasteiger partial charge in [0.1, 0.15) is 5.76 Å². The average Bonchev–Trinajstić information content (AvgIpc) is 2.90. The van der Waals surface area contributed by atoms with Crippen molar-refractivity contribution in [3.8, 4) is 0 Å². The molecule has 21 heavy (non-hydrogen) atoms. The third kappa shape index (κ3) is 3.51. The fourth-order valence-electron chi connectivity index (χ4n) is 2.07. The van der Waals surface area contributed by atoms with Gasteiger partial charge in [0.15, 0.2) is 5.76 Å². The second-order valence-corrected chi connectivity index (χ2v) is 4.85. The number of carboxylic acids is 1. The van der Waals surface area contributed by atoms with E-state index in [0.29, 0.717) is 30.0 Å². The summed E-state index contributed by atoms with van der Waals surface area (Å²) in [6.07, 6.45) is 0.477. The summed E-state index contributed by atoms with van der Waals surface area (Å²) in [6.45, 7) is 2.20. The third-order valence-electron chi connectivity index (χ3n) is 3.26. The van der Waals surface area contributed by atoms with Crippen LogP contribution in [0.15, 0.2) is 40.8 Å². The number of nitrogens with zero attached hydrogens (tertiary/aromatic N) is 1. The van der Waals surface area contributed by atoms with Gasteiger partial charge < -0.3 is 14.4 Å². The lowest BCUT2D eigenvalue weighted by molar-refractivity contribution is 0.0695. The van der Waals surface area contributed by atoms with Crippen LogP contribution in [0.4, 0.5) is 0 Å². The van der Waals surface area contributed by atoms with E-state index in [-0.39, 0.29) is 11.5 Å². The summed E-state index contributed by atoms with van der Waals surface area (Å²) in [4.78, 5) is 24.8. The van der Waals surface area contributed by atoms with Crippen molar-refractivity contribution >= 4 is 11.9 Å². The second kappa shape index (κ2) is 6.26. The summed E-state index contributed by atoms with van der Waals surface area (Å²) in [5.74, 6) is -0.193. The van der Waals surface area contributed by atoms with Crippen LogP contribution < -0.4 is 0 Å². The van der Waals surface area contributed by atoms with Crippen molar-refractivity contribution < 1.29 is 19.1 Å². The summed E-state index contributed by atoms with van der Waals surface area (Å²) >= 11 is 0. The molecule has 1 heterocycles. The normalized spacial score (nSPS) is 10.4. The molecule has 0 saturated carbocycles. The molecule has 0 spiro atoms. The first kappa shape index (κ1) is 14.8. The molecule has 0 atom stereocenters. The molecule has 0 radical (unpaired) electrons. The average molecular weight is 287 g/mol. The Bertz CT molecular complexity index is 660. The van der Waals surface area contributed by atoms with E-state index in [4.69, 9.17) is 9.52 Å². The molecule has 2 rings (SSSR count). The monoisotopic (exact) mass is 287 g/mol. The van der Waals surface area contributed by atoms with Crippen molar-refractivity contribution in [2.45, 2.75) is 13.3 Å². The number of hydrogen-bond donors (Lipinski definition) is 1. The van der Waals surface area contributed by atoms with Crippen molar-refractivity contribution in [1.29, 1.82) is 0 Å². The van der Waals surface area contributed by atoms with E-state index in [0.717, 1.165) is 0 Å². The lowest BCUT2D eigenvalue weighted by Gasteiger charge is -2.16. The number of aromatic carboxylic acids is 1. The van der Waals surface area contributed by atoms with Crippen molar-refractivity contribution in [3.63, 3.8) is 0 Å². The lowest BCUT2D eigenvalue weighted by atomic mass is 10.0. The minimum absolute atomic E-state index is 0.212. The number of benzene rings is 1. The molecule has 0 unspecified atom stereocenters. The van der Waals surface area contributed by atoms with Gasteiger partial charge in [-0.15, -0.1) is 0 Å². The van der Waals surface area contributed by atoms with Crippen LogP contribution in [0.1, 0.15) is 32.2 Å². The van der Waals surface area contributed by atoms with E-state index in [2.05, 4.69) is 0 Å². The fourth-order valence-corrected chi connectivity index (χ4v) is 2.07. The Labute approximate surface area is 122 Å². The molecule has 1 aromatic carbocycles. The number of likely N-dealkylation sites (N-methyl/N-ethyl adjacent to an activating group) is 1. The number of aryl methyl sites for hydroxylation is 1. The smallest absolute Gasteiger partial charge is 0.335 e. The summed E-state index contributed by atoms with van der Waals surface area (Å²) in [5.41, 5.74) is 0.979. The maximum absolute atomic E-state index is 12.1. The number of amides is 1. The SMILES string of the molecule is Cc1ccc(C(=O)N(C)CCc2ccccc2C(=O)O)o1. The Balaban J connectivity index is 2.03. The molecule has 1 aromatic heterocycles. The minimum Gasteiger partial charge on any atom is -0.478 e. The highest BCUT2D eigenvalue weighted by molar-refractivity contribution is 5.91. The largest absolute Gasteiger partial charge is 0.478 e. The van der Waals surface area contributed by atoms with E-state index in [1.807, 2.05) is 0 Å². The molecule has 1 N–H and O–H groups in total. The van der Waals surface area contributed by atoms with Crippen molar-refractivity contribution in [2.24, 2.45) is 0 Å². The molecule has 0 fully saturated rings. The second-order valence-electron chi connectivity index (χ2n) is 4.85. The van der Waals surface area contributed by atoms with Gasteiger partial charge >= 0.3 is 5.97 Å². The standard InChI is InChI=1S/C16H17NO4/c1-11-7-8-14(21-11)15(18)17(2)10-9-12-5-3-4-6-13(12)16(19)20/h3-8H,9-10H2,1-2H3,(H,19,20). The van der Waals surface area contributed by atoms with Crippen molar-refractivity contribution in [3.05, 3.63) is 59.0 Å². The Morgan fingerprint density at radius 1 is 1.19 bits per heavy atom. The molecular weight excluding hydrogens is 270 g/mol. The van der Waals surface area contributed by atoms with Crippen LogP contribution in [-0.4, -0.2) is 35.5 Å². The Morgan fingerprint density at radius 3 is 2.52 bits per heavy atom. The highest BCUT2D eigenvalue weighted by atomic mass is 16.4. The first-order chi connectivity index (χ1) is 9.99. The first-order valence-electron chi connectivity index (χ1n) is 6.62. The molecule has 110 valence electrons. The summed E-state index contributed by atoms with van der Waals surface area (Å²) in [6, 6.07) is 10.2. The number of hydrogen-bond acceptors (Lipinski definition) is 3. The van der Waals surface area contributed by atoms with Gasteiger partial charge in [0, 0.05) is 13.6 Å². The summed E-state index contributed by atoms with van der Waals surface area (Å²) < 4.78 is 5.30. The van der Waals surface area contributed by atoms with E-state index < -0.39 is 5.97 Å². The predicted octanol–water partition coefficient (Wildman–Crippen LogP) is 2.60. The minimum atomic E-state index is -0.957. The van der Waals surface area contributed by atoms with Crippen molar-refractivity contribution in [2.75, 3.05) is 13.6 Å². The van der Waals surface area contributed by atoms with Crippen LogP contribution in [0.3, 0.4) is 0 Å². The van der Waals surface area contributed by atoms with E-state index in [1.54, 1.807) is 50.4 Å². The highest BCUT2D eigenvalue weighted by Crippen LogP contribution is 2.12. The van der Waals surface area contributed by atoms with Gasteiger partial charge in [-0.2, -0.15) is 0 Å². The topological polar surface area (TPSA) is 70.8 Å². The lowest BCUT2D eigenvalue weighted by Crippen LogP contribution is -2.28. The van der Waals surface area contributed by atoms with E-state index >= 15 is 0 Å². The predicted molar refractivity (Wildman–Crippen MR) is 77.5 cm³/mol. The van der Waals surface area contributed by atoms with Crippen LogP contribution in [0.2, 0.25) is 0 Å². The molecular formula is C16H17NO4. The zero-order chi connectivity index (χ0) is 15.4. The van der Waals surface area contributed by atoms with Gasteiger partial charge in [-0.1, -0.05) is 18.2 Å². The van der Waals surface area contributed by atoms with Crippen LogP contribution in [-0.2, 0) is 6.42 Å². The molecule has 2 aromatic rings. The molecule has 0 bridgehead atoms. The van der Waals surface area contributed by atoms with Gasteiger partial charge in [0.2, 0.25) is 0 Å². The maximum atomic E-state index is 12.1. The number of furan rings is 1. The number of rotatable bonds is 5. The van der Waals surface area contributed by atoms with Gasteiger partial charge in [-0.25, -0.2) is 4.79 Å². The number of carbonyl (C=O) groups is 2. The molecule has 0 aliphatic heterocycles. The summed E-state index contributed by atoms with van der Waals surface area (Å²) in [7, 11) is 1.67. The molecule has 0 aliphatic rings. The van der Waals surface area contributed by atoms with Crippen LogP contribution >= 0.6 is 0 Å². The Hall–Kier alpha value is -2.56. The van der Waals surface area contributed by atoms with Crippen molar-refractivity contribution in [1.82, 2.24) is 4.90 Å². The first-order valence-corrected chi connectivity index (χ1v) is 6.62. The van der Waals surface area contributed by atoms with Gasteiger partial charge in [0.05, 0.1) is 5.56 Å². The fraction of sp³-hybridized carbons (Fsp3) is 0.250. The Kier molecular flexibility index (Phi) is 4.42. The van der Waals surface area contributed by atoms with Gasteiger partial charge in [-0.05, 0) is 37.1 Å². The van der Waals surface area contributed by atoms with E-state index in [9.17, 15) is 9.59 Å². The van der Waals surface area contributed by atoms with E-state index in [1.165, 1.54) is 4.90 Å². The number of carbonyl (C=O) groups excluding carboxylic acids is 1. The van der Waals surface area contributed by atoms with Crippen LogP contribution in [0.5, 0.6) is 0 Å². The highest BCUT2D eigenvalue weighted by Gasteiger charge is 2.16. The zero-order valence-corrected chi connectivity index (χ0v) is 12.0. The quantitative estimate of drug-likeness (QED) is 0.917. The maximum Gasteiger partial charge on any atom is 0.335 e. The molecule has 0 saturated heterocycles. The van der Waals surface area contributed by atoms with Crippen LogP contribution in [0, 0.1) is 6.92 Å². The molecule has 1 amide bonds. The van der Waals surface area contributed by atoms with Gasteiger partial charge in [-0.3, -0.25) is 4.79 Å². The molecule has 0 aliphatic carbocycles. The third-order valence-corrected chi connectivity index (χ3v) is 3.26. The number of carboxylic acid groups (broad SMARTS) is 1. The molecule has 5 heteroatoms. The Morgan fingerprint density at radius 2 is 1.90 bits per heavy atom. The molecule has 5 nitrogen and oxygen atoms in total. The van der Waals surface area contributed by atoms with Crippen LogP contribution in [0.25, 0.3) is 0 Å². The summed E-state index contributed by atoms with van der Waals surface area (Å²) in [5, 5.41) is 9.13.